The molecule has 0 spiro atoms. The molecule has 3 aromatic rings. The minimum atomic E-state index is -0.959. The number of halogens is 1. The van der Waals surface area contributed by atoms with Crippen molar-refractivity contribution in [2.45, 2.75) is 13.0 Å². The number of ether oxygens (including phenoxy) is 2. The van der Waals surface area contributed by atoms with Crippen LogP contribution in [-0.2, 0) is 9.59 Å². The van der Waals surface area contributed by atoms with Crippen LogP contribution in [0, 0.1) is 12.7 Å². The fourth-order valence-electron chi connectivity index (χ4n) is 4.00. The highest BCUT2D eigenvalue weighted by molar-refractivity contribution is 6.51. The molecule has 1 amide bonds. The van der Waals surface area contributed by atoms with Crippen LogP contribution in [0.4, 0.5) is 10.1 Å². The number of hydrogen-bond acceptors (Lipinski definition) is 5. The van der Waals surface area contributed by atoms with Crippen LogP contribution in [0.25, 0.3) is 5.76 Å². The fourth-order valence-corrected chi connectivity index (χ4v) is 4.00. The number of anilines is 1. The van der Waals surface area contributed by atoms with Gasteiger partial charge in [-0.1, -0.05) is 18.2 Å². The van der Waals surface area contributed by atoms with E-state index in [9.17, 15) is 19.1 Å². The van der Waals surface area contributed by atoms with Gasteiger partial charge in [0.25, 0.3) is 11.7 Å². The lowest BCUT2D eigenvalue weighted by atomic mass is 9.93. The minimum absolute atomic E-state index is 0.0808. The van der Waals surface area contributed by atoms with Crippen LogP contribution < -0.4 is 14.4 Å². The topological polar surface area (TPSA) is 76.1 Å². The lowest BCUT2D eigenvalue weighted by Crippen LogP contribution is -2.29. The van der Waals surface area contributed by atoms with Crippen molar-refractivity contribution in [3.63, 3.8) is 0 Å². The molecule has 1 aliphatic heterocycles. The van der Waals surface area contributed by atoms with Crippen molar-refractivity contribution in [2.75, 3.05) is 19.1 Å². The number of benzene rings is 3. The van der Waals surface area contributed by atoms with Crippen LogP contribution in [0.1, 0.15) is 22.7 Å². The molecular weight excluding hydrogens is 425 g/mol. The summed E-state index contributed by atoms with van der Waals surface area (Å²) in [6.07, 6.45) is 0. The van der Waals surface area contributed by atoms with Gasteiger partial charge in [-0.05, 0) is 66.6 Å². The van der Waals surface area contributed by atoms with E-state index < -0.39 is 23.5 Å². The molecule has 0 aromatic heterocycles. The Morgan fingerprint density at radius 2 is 1.61 bits per heavy atom. The van der Waals surface area contributed by atoms with Gasteiger partial charge in [0.15, 0.2) is 0 Å². The molecule has 7 heteroatoms. The third kappa shape index (κ3) is 3.93. The molecule has 0 radical (unpaired) electrons. The molecule has 1 fully saturated rings. The molecule has 1 saturated heterocycles. The van der Waals surface area contributed by atoms with Crippen LogP contribution in [0.2, 0.25) is 0 Å². The molecule has 0 bridgehead atoms. The van der Waals surface area contributed by atoms with Crippen molar-refractivity contribution in [3.05, 3.63) is 94.8 Å². The largest absolute Gasteiger partial charge is 0.507 e. The number of hydrogen-bond donors (Lipinski definition) is 1. The van der Waals surface area contributed by atoms with E-state index in [1.54, 1.807) is 55.5 Å². The normalized spacial score (nSPS) is 17.3. The highest BCUT2D eigenvalue weighted by Crippen LogP contribution is 2.43. The second-order valence-corrected chi connectivity index (χ2v) is 7.60. The molecule has 4 rings (SSSR count). The number of nitrogens with zero attached hydrogens (tertiary/aromatic N) is 1. The summed E-state index contributed by atoms with van der Waals surface area (Å²) in [5.74, 6) is -1.38. The van der Waals surface area contributed by atoms with Crippen LogP contribution in [0.5, 0.6) is 11.5 Å². The number of aryl methyl sites for hydroxylation is 1. The van der Waals surface area contributed by atoms with Gasteiger partial charge in [0.05, 0.1) is 25.8 Å². The first-order valence-electron chi connectivity index (χ1n) is 10.2. The molecule has 1 unspecified atom stereocenters. The first-order valence-corrected chi connectivity index (χ1v) is 10.2. The fraction of sp³-hybridized carbons (Fsp3) is 0.154. The standard InChI is InChI=1S/C26H22FNO5/c1-15-13-20(33-3)11-12-21(15)24(29)22-23(16-7-9-19(32-2)10-8-16)28(26(31)25(22)30)18-6-4-5-17(27)14-18/h4-14,23,29H,1-3H3/b24-22-. The molecule has 6 nitrogen and oxygen atoms in total. The van der Waals surface area contributed by atoms with Crippen LogP contribution in [0.3, 0.4) is 0 Å². The molecule has 1 atom stereocenters. The lowest BCUT2D eigenvalue weighted by molar-refractivity contribution is -0.132. The smallest absolute Gasteiger partial charge is 0.300 e. The molecule has 1 aliphatic rings. The number of ketones is 1. The predicted octanol–water partition coefficient (Wildman–Crippen LogP) is 4.78. The Morgan fingerprint density at radius 1 is 0.939 bits per heavy atom. The Morgan fingerprint density at radius 3 is 2.21 bits per heavy atom. The molecule has 3 aromatic carbocycles. The second kappa shape index (κ2) is 8.78. The molecule has 0 saturated carbocycles. The summed E-state index contributed by atoms with van der Waals surface area (Å²) >= 11 is 0. The summed E-state index contributed by atoms with van der Waals surface area (Å²) < 4.78 is 24.4. The Balaban J connectivity index is 1.94. The Hall–Kier alpha value is -4.13. The van der Waals surface area contributed by atoms with Gasteiger partial charge in [0.1, 0.15) is 23.1 Å². The van der Waals surface area contributed by atoms with E-state index in [-0.39, 0.29) is 17.0 Å². The van der Waals surface area contributed by atoms with Crippen molar-refractivity contribution in [3.8, 4) is 11.5 Å². The van der Waals surface area contributed by atoms with E-state index in [1.807, 2.05) is 0 Å². The molecule has 1 N–H and O–H groups in total. The number of aliphatic hydroxyl groups is 1. The van der Waals surface area contributed by atoms with Crippen LogP contribution in [0.15, 0.2) is 72.3 Å². The predicted molar refractivity (Wildman–Crippen MR) is 122 cm³/mol. The number of carbonyl (C=O) groups excluding carboxylic acids is 2. The van der Waals surface area contributed by atoms with Gasteiger partial charge in [-0.15, -0.1) is 0 Å². The number of rotatable bonds is 5. The van der Waals surface area contributed by atoms with Gasteiger partial charge in [-0.25, -0.2) is 4.39 Å². The summed E-state index contributed by atoms with van der Waals surface area (Å²) in [5.41, 5.74) is 1.75. The summed E-state index contributed by atoms with van der Waals surface area (Å²) in [5, 5.41) is 11.2. The summed E-state index contributed by atoms with van der Waals surface area (Å²) in [7, 11) is 3.06. The first-order chi connectivity index (χ1) is 15.8. The maximum absolute atomic E-state index is 14.0. The SMILES string of the molecule is COc1ccc(C2/C(=C(/O)c3ccc(OC)cc3C)C(=O)C(=O)N2c2cccc(F)c2)cc1. The number of aliphatic hydroxyl groups excluding tert-OH is 1. The molecule has 0 aliphatic carbocycles. The van der Waals surface area contributed by atoms with E-state index in [4.69, 9.17) is 9.47 Å². The molecule has 33 heavy (non-hydrogen) atoms. The maximum Gasteiger partial charge on any atom is 0.300 e. The van der Waals surface area contributed by atoms with Gasteiger partial charge in [-0.3, -0.25) is 14.5 Å². The Kier molecular flexibility index (Phi) is 5.87. The third-order valence-electron chi connectivity index (χ3n) is 5.65. The van der Waals surface area contributed by atoms with Crippen LogP contribution in [-0.4, -0.2) is 31.0 Å². The number of amides is 1. The highest BCUT2D eigenvalue weighted by atomic mass is 19.1. The maximum atomic E-state index is 14.0. The summed E-state index contributed by atoms with van der Waals surface area (Å²) in [6.45, 7) is 1.77. The van der Waals surface area contributed by atoms with Gasteiger partial charge in [-0.2, -0.15) is 0 Å². The van der Waals surface area contributed by atoms with Gasteiger partial charge < -0.3 is 14.6 Å². The van der Waals surface area contributed by atoms with Gasteiger partial charge >= 0.3 is 0 Å². The number of methoxy groups -OCH3 is 2. The van der Waals surface area contributed by atoms with Crippen molar-refractivity contribution < 1.29 is 28.6 Å². The van der Waals surface area contributed by atoms with Gasteiger partial charge in [0, 0.05) is 11.3 Å². The summed E-state index contributed by atoms with van der Waals surface area (Å²) in [4.78, 5) is 27.5. The average Bonchev–Trinajstić information content (AvgIpc) is 3.09. The monoisotopic (exact) mass is 447 g/mol. The average molecular weight is 447 g/mol. The first kappa shape index (κ1) is 22.1. The minimum Gasteiger partial charge on any atom is -0.507 e. The van der Waals surface area contributed by atoms with Crippen molar-refractivity contribution >= 4 is 23.1 Å². The highest BCUT2D eigenvalue weighted by Gasteiger charge is 2.47. The zero-order valence-electron chi connectivity index (χ0n) is 18.3. The third-order valence-corrected chi connectivity index (χ3v) is 5.65. The Bertz CT molecular complexity index is 1270. The number of Topliss-reactive ketones (excluding diaryl/α,β-unsaturated/α-hetero) is 1. The van der Waals surface area contributed by atoms with Crippen LogP contribution >= 0.6 is 0 Å². The van der Waals surface area contributed by atoms with Crippen molar-refractivity contribution in [1.29, 1.82) is 0 Å². The van der Waals surface area contributed by atoms with Crippen molar-refractivity contribution in [1.82, 2.24) is 0 Å². The van der Waals surface area contributed by atoms with E-state index in [0.29, 0.717) is 28.2 Å². The second-order valence-electron chi connectivity index (χ2n) is 7.60. The van der Waals surface area contributed by atoms with Gasteiger partial charge in [0.2, 0.25) is 0 Å². The zero-order valence-corrected chi connectivity index (χ0v) is 18.3. The van der Waals surface area contributed by atoms with E-state index in [1.165, 1.54) is 37.3 Å². The molecule has 168 valence electrons. The number of carbonyl (C=O) groups is 2. The Labute approximate surface area is 190 Å². The lowest BCUT2D eigenvalue weighted by Gasteiger charge is -2.25. The van der Waals surface area contributed by atoms with Crippen molar-refractivity contribution in [2.24, 2.45) is 0 Å². The quantitative estimate of drug-likeness (QED) is 0.346. The van der Waals surface area contributed by atoms with E-state index >= 15 is 0 Å². The molecule has 1 heterocycles. The summed E-state index contributed by atoms with van der Waals surface area (Å²) in [6, 6.07) is 16.3. The zero-order chi connectivity index (χ0) is 23.7. The van der Waals surface area contributed by atoms with E-state index in [2.05, 4.69) is 0 Å². The van der Waals surface area contributed by atoms with E-state index in [0.717, 1.165) is 0 Å². The molecular formula is C26H22FNO5.